The number of pyridine rings is 1. The summed E-state index contributed by atoms with van der Waals surface area (Å²) in [6.07, 6.45) is 7.50. The van der Waals surface area contributed by atoms with Gasteiger partial charge in [0.1, 0.15) is 5.82 Å². The van der Waals surface area contributed by atoms with Gasteiger partial charge in [-0.2, -0.15) is 0 Å². The van der Waals surface area contributed by atoms with Crippen molar-refractivity contribution in [2.75, 3.05) is 19.4 Å². The van der Waals surface area contributed by atoms with Crippen LogP contribution in [0.4, 0.5) is 5.82 Å². The molecule has 0 bridgehead atoms. The Morgan fingerprint density at radius 2 is 1.57 bits per heavy atom. The average Bonchev–Trinajstić information content (AvgIpc) is 2.92. The Balaban J connectivity index is 1.41. The van der Waals surface area contributed by atoms with Crippen LogP contribution in [0.25, 0.3) is 22.3 Å². The van der Waals surface area contributed by atoms with Gasteiger partial charge >= 0.3 is 0 Å². The summed E-state index contributed by atoms with van der Waals surface area (Å²) in [5.74, 6) is 0.305. The molecule has 2 aliphatic carbocycles. The largest absolute Gasteiger partial charge is 0.390 e. The molecule has 2 aromatic carbocycles. The molecular formula is C33H40N4O3. The van der Waals surface area contributed by atoms with E-state index in [1.165, 1.54) is 0 Å². The number of nitrogens with two attached hydrogens (primary N) is 1. The van der Waals surface area contributed by atoms with Crippen molar-refractivity contribution in [2.45, 2.75) is 69.4 Å². The van der Waals surface area contributed by atoms with Crippen molar-refractivity contribution in [3.05, 3.63) is 72.4 Å². The van der Waals surface area contributed by atoms with E-state index in [4.69, 9.17) is 5.73 Å². The molecule has 2 saturated carbocycles. The summed E-state index contributed by atoms with van der Waals surface area (Å²) in [7, 11) is 3.53. The van der Waals surface area contributed by atoms with Gasteiger partial charge in [0.15, 0.2) is 0 Å². The number of rotatable bonds is 7. The number of carbonyl (C=O) groups excluding carboxylic acids is 2. The van der Waals surface area contributed by atoms with Gasteiger partial charge in [-0.15, -0.1) is 0 Å². The summed E-state index contributed by atoms with van der Waals surface area (Å²) < 4.78 is 0. The van der Waals surface area contributed by atoms with E-state index in [1.807, 2.05) is 67.6 Å². The van der Waals surface area contributed by atoms with E-state index < -0.39 is 16.6 Å². The van der Waals surface area contributed by atoms with E-state index in [1.54, 1.807) is 25.2 Å². The fourth-order valence-electron chi connectivity index (χ4n) is 6.77. The van der Waals surface area contributed by atoms with E-state index in [2.05, 4.69) is 10.3 Å². The number of amides is 2. The van der Waals surface area contributed by atoms with Crippen LogP contribution >= 0.6 is 0 Å². The van der Waals surface area contributed by atoms with Gasteiger partial charge in [0.25, 0.3) is 0 Å². The number of hydrogen-bond acceptors (Lipinski definition) is 5. The summed E-state index contributed by atoms with van der Waals surface area (Å²) in [5.41, 5.74) is 9.56. The molecule has 0 aliphatic heterocycles. The normalized spacial score (nSPS) is 23.6. The van der Waals surface area contributed by atoms with Crippen LogP contribution in [0.1, 0.15) is 63.9 Å². The fourth-order valence-corrected chi connectivity index (χ4v) is 6.77. The lowest BCUT2D eigenvalue weighted by atomic mass is 9.63. The SMILES string of the molecule is CN(C)C(=O)C1(CC(=O)Nc2cc(-c3ccccc3)c(-c3ccc(C4(N)CC(C)(O)C4)cc3)cn2)CCCCC1. The second-order valence-corrected chi connectivity index (χ2v) is 12.3. The Kier molecular flexibility index (Phi) is 7.55. The van der Waals surface area contributed by atoms with Crippen LogP contribution in [0.2, 0.25) is 0 Å². The highest BCUT2D eigenvalue weighted by atomic mass is 16.3. The Morgan fingerprint density at radius 3 is 2.17 bits per heavy atom. The van der Waals surface area contributed by atoms with Gasteiger partial charge in [-0.1, -0.05) is 73.9 Å². The zero-order chi connectivity index (χ0) is 28.5. The molecule has 0 radical (unpaired) electrons. The van der Waals surface area contributed by atoms with Crippen molar-refractivity contribution in [3.63, 3.8) is 0 Å². The van der Waals surface area contributed by atoms with Crippen LogP contribution in [0.3, 0.4) is 0 Å². The number of hydrogen-bond donors (Lipinski definition) is 3. The van der Waals surface area contributed by atoms with Crippen molar-refractivity contribution in [1.82, 2.24) is 9.88 Å². The number of anilines is 1. The summed E-state index contributed by atoms with van der Waals surface area (Å²) in [4.78, 5) is 32.6. The molecule has 4 N–H and O–H groups in total. The average molecular weight is 541 g/mol. The van der Waals surface area contributed by atoms with Crippen LogP contribution in [0, 0.1) is 5.41 Å². The molecular weight excluding hydrogens is 500 g/mol. The Hall–Kier alpha value is -3.55. The van der Waals surface area contributed by atoms with Gasteiger partial charge in [0.2, 0.25) is 11.8 Å². The molecule has 40 heavy (non-hydrogen) atoms. The maximum atomic E-state index is 13.3. The van der Waals surface area contributed by atoms with E-state index in [-0.39, 0.29) is 18.2 Å². The predicted octanol–water partition coefficient (Wildman–Crippen LogP) is 5.48. The van der Waals surface area contributed by atoms with E-state index in [9.17, 15) is 14.7 Å². The highest BCUT2D eigenvalue weighted by Gasteiger charge is 2.49. The van der Waals surface area contributed by atoms with Crippen LogP contribution in [-0.2, 0) is 15.1 Å². The van der Waals surface area contributed by atoms with Crippen molar-refractivity contribution in [3.8, 4) is 22.3 Å². The molecule has 7 nitrogen and oxygen atoms in total. The third-order valence-electron chi connectivity index (χ3n) is 8.59. The molecule has 2 aliphatic rings. The number of nitrogens with zero attached hydrogens (tertiary/aromatic N) is 2. The van der Waals surface area contributed by atoms with Gasteiger partial charge in [-0.05, 0) is 60.9 Å². The van der Waals surface area contributed by atoms with Gasteiger partial charge in [0.05, 0.1) is 11.0 Å². The van der Waals surface area contributed by atoms with Crippen LogP contribution in [-0.4, -0.2) is 46.5 Å². The lowest BCUT2D eigenvalue weighted by Crippen LogP contribution is -2.58. The zero-order valence-electron chi connectivity index (χ0n) is 23.7. The number of aliphatic hydroxyl groups is 1. The first-order valence-electron chi connectivity index (χ1n) is 14.2. The van der Waals surface area contributed by atoms with Crippen molar-refractivity contribution in [2.24, 2.45) is 11.1 Å². The molecule has 0 spiro atoms. The molecule has 7 heteroatoms. The molecule has 3 aromatic rings. The quantitative estimate of drug-likeness (QED) is 0.368. The number of aromatic nitrogens is 1. The fraction of sp³-hybridized carbons (Fsp3) is 0.424. The standard InChI is InChI=1S/C33H40N4O3/c1-31(40)21-33(34,22-31)25-14-12-24(13-15-25)27-20-35-28(18-26(27)23-10-6-4-7-11-23)36-29(38)19-32(30(39)37(2)3)16-8-5-9-17-32/h4,6-7,10-15,18,20,40H,5,8-9,16-17,19,21-22,34H2,1-3H3,(H,35,36,38). The van der Waals surface area contributed by atoms with Crippen LogP contribution < -0.4 is 11.1 Å². The number of nitrogens with one attached hydrogen (secondary N) is 1. The van der Waals surface area contributed by atoms with E-state index >= 15 is 0 Å². The Labute approximate surface area is 236 Å². The number of carbonyl (C=O) groups is 2. The minimum absolute atomic E-state index is 0.0313. The van der Waals surface area contributed by atoms with Gasteiger partial charge in [-0.3, -0.25) is 9.59 Å². The minimum atomic E-state index is -0.714. The highest BCUT2D eigenvalue weighted by Crippen LogP contribution is 2.46. The Bertz CT molecular complexity index is 1370. The lowest BCUT2D eigenvalue weighted by molar-refractivity contribution is -0.144. The molecule has 2 amide bonds. The summed E-state index contributed by atoms with van der Waals surface area (Å²) in [5, 5.41) is 13.2. The predicted molar refractivity (Wildman–Crippen MR) is 158 cm³/mol. The minimum Gasteiger partial charge on any atom is -0.390 e. The highest BCUT2D eigenvalue weighted by molar-refractivity contribution is 5.96. The Morgan fingerprint density at radius 1 is 0.950 bits per heavy atom. The molecule has 1 heterocycles. The molecule has 0 saturated heterocycles. The molecule has 210 valence electrons. The van der Waals surface area contributed by atoms with E-state index in [0.717, 1.165) is 59.9 Å². The van der Waals surface area contributed by atoms with Gasteiger partial charge in [-0.25, -0.2) is 4.98 Å². The molecule has 2 fully saturated rings. The van der Waals surface area contributed by atoms with Crippen LogP contribution in [0.5, 0.6) is 0 Å². The van der Waals surface area contributed by atoms with Crippen LogP contribution in [0.15, 0.2) is 66.9 Å². The molecule has 1 aromatic heterocycles. The third kappa shape index (κ3) is 5.67. The van der Waals surface area contributed by atoms with Gasteiger partial charge < -0.3 is 21.1 Å². The monoisotopic (exact) mass is 540 g/mol. The summed E-state index contributed by atoms with van der Waals surface area (Å²) >= 11 is 0. The smallest absolute Gasteiger partial charge is 0.228 e. The van der Waals surface area contributed by atoms with Crippen molar-refractivity contribution >= 4 is 17.6 Å². The second kappa shape index (κ2) is 10.8. The first kappa shape index (κ1) is 28.0. The third-order valence-corrected chi connectivity index (χ3v) is 8.59. The maximum Gasteiger partial charge on any atom is 0.228 e. The van der Waals surface area contributed by atoms with Crippen molar-refractivity contribution < 1.29 is 14.7 Å². The van der Waals surface area contributed by atoms with Gasteiger partial charge in [0, 0.05) is 37.8 Å². The molecule has 5 rings (SSSR count). The van der Waals surface area contributed by atoms with E-state index in [0.29, 0.717) is 18.7 Å². The summed E-state index contributed by atoms with van der Waals surface area (Å²) in [6.45, 7) is 1.82. The zero-order valence-corrected chi connectivity index (χ0v) is 23.7. The topological polar surface area (TPSA) is 109 Å². The number of benzene rings is 2. The van der Waals surface area contributed by atoms with Crippen molar-refractivity contribution in [1.29, 1.82) is 0 Å². The maximum absolute atomic E-state index is 13.3. The lowest BCUT2D eigenvalue weighted by Gasteiger charge is -2.49. The second-order valence-electron chi connectivity index (χ2n) is 12.3. The first-order chi connectivity index (χ1) is 19.0. The molecule has 0 atom stereocenters. The first-order valence-corrected chi connectivity index (χ1v) is 14.2. The summed E-state index contributed by atoms with van der Waals surface area (Å²) in [6, 6.07) is 20.1. The molecule has 0 unspecified atom stereocenters.